The number of fused-ring (bicyclic) bond motifs is 9. The van der Waals surface area contributed by atoms with Crippen LogP contribution in [0.3, 0.4) is 0 Å². The van der Waals surface area contributed by atoms with E-state index in [1.807, 2.05) is 0 Å². The minimum atomic E-state index is -0.529. The van der Waals surface area contributed by atoms with Gasteiger partial charge in [-0.25, -0.2) is 0 Å². The summed E-state index contributed by atoms with van der Waals surface area (Å²) in [5, 5.41) is 0. The monoisotopic (exact) mass is 897 g/mol. The van der Waals surface area contributed by atoms with Crippen molar-refractivity contribution in [2.45, 2.75) is 108 Å². The Morgan fingerprint density at radius 3 is 1.12 bits per heavy atom. The number of hydrogen-bond donors (Lipinski definition) is 0. The van der Waals surface area contributed by atoms with Crippen LogP contribution < -0.4 is 9.80 Å². The van der Waals surface area contributed by atoms with Crippen molar-refractivity contribution in [3.63, 3.8) is 0 Å². The molecule has 2 nitrogen and oxygen atoms in total. The van der Waals surface area contributed by atoms with E-state index in [0.29, 0.717) is 11.8 Å². The van der Waals surface area contributed by atoms with E-state index in [1.54, 1.807) is 0 Å². The Morgan fingerprint density at radius 2 is 0.725 bits per heavy atom. The summed E-state index contributed by atoms with van der Waals surface area (Å²) in [6, 6.07) is 74.7. The molecule has 2 heteroatoms. The van der Waals surface area contributed by atoms with Crippen LogP contribution in [0.15, 0.2) is 194 Å². The van der Waals surface area contributed by atoms with E-state index in [4.69, 9.17) is 0 Å². The summed E-state index contributed by atoms with van der Waals surface area (Å²) in [6.07, 6.45) is 7.39. The zero-order valence-corrected chi connectivity index (χ0v) is 41.3. The lowest BCUT2D eigenvalue weighted by Crippen LogP contribution is -2.56. The van der Waals surface area contributed by atoms with Crippen LogP contribution in [0.1, 0.15) is 125 Å². The van der Waals surface area contributed by atoms with Crippen LogP contribution in [0.2, 0.25) is 0 Å². The number of rotatable bonds is 6. The third kappa shape index (κ3) is 5.78. The number of anilines is 4. The molecule has 13 rings (SSSR count). The first kappa shape index (κ1) is 42.5. The quantitative estimate of drug-likeness (QED) is 0.164. The van der Waals surface area contributed by atoms with Crippen LogP contribution in [0, 0.1) is 10.8 Å². The van der Waals surface area contributed by atoms with E-state index in [-0.39, 0.29) is 21.9 Å². The molecule has 8 aromatic carbocycles. The predicted molar refractivity (Wildman–Crippen MR) is 289 cm³/mol. The van der Waals surface area contributed by atoms with Crippen molar-refractivity contribution in [3.8, 4) is 33.4 Å². The highest BCUT2D eigenvalue weighted by Gasteiger charge is 2.60. The van der Waals surface area contributed by atoms with Crippen molar-refractivity contribution < 1.29 is 0 Å². The van der Waals surface area contributed by atoms with Gasteiger partial charge in [0, 0.05) is 34.6 Å². The zero-order chi connectivity index (χ0) is 46.9. The summed E-state index contributed by atoms with van der Waals surface area (Å²) in [4.78, 5) is 5.41. The highest BCUT2D eigenvalue weighted by Crippen LogP contribution is 2.66. The third-order valence-corrected chi connectivity index (χ3v) is 19.1. The van der Waals surface area contributed by atoms with Crippen molar-refractivity contribution in [1.29, 1.82) is 0 Å². The summed E-state index contributed by atoms with van der Waals surface area (Å²) in [5.74, 6) is 0.889. The molecule has 4 atom stereocenters. The molecule has 0 N–H and O–H groups in total. The number of para-hydroxylation sites is 2. The molecule has 0 saturated heterocycles. The highest BCUT2D eigenvalue weighted by atomic mass is 15.3. The van der Waals surface area contributed by atoms with E-state index in [0.717, 1.165) is 0 Å². The molecule has 5 aliphatic rings. The van der Waals surface area contributed by atoms with E-state index in [9.17, 15) is 0 Å². The molecule has 0 bridgehead atoms. The maximum absolute atomic E-state index is 2.71. The number of nitrogens with zero attached hydrogens (tertiary/aromatic N) is 2. The fourth-order valence-corrected chi connectivity index (χ4v) is 15.1. The highest BCUT2D eigenvalue weighted by molar-refractivity contribution is 5.91. The average Bonchev–Trinajstić information content (AvgIpc) is 3.93. The van der Waals surface area contributed by atoms with E-state index >= 15 is 0 Å². The Hall–Kier alpha value is -6.64. The largest absolute Gasteiger partial charge is 0.334 e. The first-order valence-corrected chi connectivity index (χ1v) is 25.9. The number of hydrogen-bond acceptors (Lipinski definition) is 2. The Balaban J connectivity index is 0.976. The minimum absolute atomic E-state index is 0.0343. The Morgan fingerprint density at radius 1 is 0.377 bits per heavy atom. The van der Waals surface area contributed by atoms with Gasteiger partial charge in [0.15, 0.2) is 0 Å². The summed E-state index contributed by atoms with van der Waals surface area (Å²) in [7, 11) is 0. The van der Waals surface area contributed by atoms with Gasteiger partial charge in [-0.1, -0.05) is 174 Å². The van der Waals surface area contributed by atoms with Crippen LogP contribution in [-0.4, -0.2) is 11.1 Å². The second-order valence-corrected chi connectivity index (χ2v) is 22.8. The maximum Gasteiger partial charge on any atom is 0.0713 e. The van der Waals surface area contributed by atoms with Gasteiger partial charge >= 0.3 is 0 Å². The van der Waals surface area contributed by atoms with Crippen LogP contribution in [0.5, 0.6) is 0 Å². The van der Waals surface area contributed by atoms with Gasteiger partial charge in [-0.15, -0.1) is 0 Å². The minimum Gasteiger partial charge on any atom is -0.334 e. The van der Waals surface area contributed by atoms with Crippen LogP contribution in [-0.2, 0) is 5.41 Å². The first-order chi connectivity index (χ1) is 33.5. The summed E-state index contributed by atoms with van der Waals surface area (Å²) >= 11 is 0. The van der Waals surface area contributed by atoms with Gasteiger partial charge in [-0.3, -0.25) is 0 Å². The van der Waals surface area contributed by atoms with Crippen molar-refractivity contribution in [3.05, 3.63) is 228 Å². The molecule has 2 fully saturated rings. The Kier molecular flexibility index (Phi) is 9.34. The second-order valence-electron chi connectivity index (χ2n) is 22.8. The van der Waals surface area contributed by atoms with Gasteiger partial charge in [0.1, 0.15) is 0 Å². The normalized spacial score (nSPS) is 24.1. The summed E-state index contributed by atoms with van der Waals surface area (Å²) in [5.41, 5.74) is 21.1. The maximum atomic E-state index is 2.71. The van der Waals surface area contributed by atoms with Gasteiger partial charge in [-0.2, -0.15) is 0 Å². The van der Waals surface area contributed by atoms with Crippen LogP contribution in [0.4, 0.5) is 22.7 Å². The molecule has 0 radical (unpaired) electrons. The molecular formula is C67H64N2. The van der Waals surface area contributed by atoms with Crippen molar-refractivity contribution in [2.75, 3.05) is 9.80 Å². The summed E-state index contributed by atoms with van der Waals surface area (Å²) < 4.78 is 0. The molecule has 0 aromatic heterocycles. The molecule has 8 aromatic rings. The van der Waals surface area contributed by atoms with Crippen LogP contribution >= 0.6 is 0 Å². The van der Waals surface area contributed by atoms with Gasteiger partial charge in [0.25, 0.3) is 0 Å². The summed E-state index contributed by atoms with van der Waals surface area (Å²) in [6.45, 7) is 15.1. The lowest BCUT2D eigenvalue weighted by Gasteiger charge is -2.55. The van der Waals surface area contributed by atoms with E-state index in [2.05, 4.69) is 245 Å². The van der Waals surface area contributed by atoms with E-state index < -0.39 is 5.41 Å². The fourth-order valence-electron chi connectivity index (χ4n) is 15.1. The van der Waals surface area contributed by atoms with Crippen molar-refractivity contribution in [1.82, 2.24) is 0 Å². The van der Waals surface area contributed by atoms with E-state index in [1.165, 1.54) is 128 Å². The molecule has 342 valence electrons. The topological polar surface area (TPSA) is 6.48 Å². The molecule has 2 aliphatic heterocycles. The van der Waals surface area contributed by atoms with Gasteiger partial charge in [-0.05, 0) is 178 Å². The molecular weight excluding hydrogens is 833 g/mol. The van der Waals surface area contributed by atoms with Crippen molar-refractivity contribution >= 4 is 22.7 Å². The average molecular weight is 897 g/mol. The van der Waals surface area contributed by atoms with Gasteiger partial charge < -0.3 is 9.80 Å². The number of benzene rings is 8. The second kappa shape index (κ2) is 15.2. The Labute approximate surface area is 410 Å². The predicted octanol–water partition coefficient (Wildman–Crippen LogP) is 17.8. The molecule has 0 spiro atoms. The molecule has 2 saturated carbocycles. The standard InChI is InChI=1S/C67H64N2/c1-63(2)39-19-29-57-55-41-45(33-37-61(55)68(65(57,63)5)51-25-15-9-16-26-51)47-31-35-53-54-36-32-48(44-60(54)67(59(53)43-47,49-21-11-7-12-22-49)50-23-13-8-14-24-50)46-34-38-62-56(42-46)58-30-20-40-64(3,4)66(58,6)69(62)52-27-17-10-18-28-52/h7-18,21-28,31-38,41-44,57-58H,19-20,29-30,39-40H2,1-6H3. The molecule has 4 unspecified atom stereocenters. The molecule has 3 aliphatic carbocycles. The third-order valence-electron chi connectivity index (χ3n) is 19.1. The van der Waals surface area contributed by atoms with Gasteiger partial charge in [0.05, 0.1) is 16.5 Å². The van der Waals surface area contributed by atoms with Crippen molar-refractivity contribution in [2.24, 2.45) is 10.8 Å². The SMILES string of the molecule is CC1(C)CCCC2c3cc(-c4ccc5c(c4)C(c4ccccc4)(c4ccccc4)c4cc(-c6ccc7c(c6)C6CCCC(C)(C)C6(C)N7c6ccccc6)ccc4-5)ccc3N(c3ccccc3)C21C. The zero-order valence-electron chi connectivity index (χ0n) is 41.3. The Bertz CT molecular complexity index is 3060. The molecule has 0 amide bonds. The van der Waals surface area contributed by atoms with Gasteiger partial charge in [0.2, 0.25) is 0 Å². The lowest BCUT2D eigenvalue weighted by molar-refractivity contribution is 0.101. The first-order valence-electron chi connectivity index (χ1n) is 25.9. The smallest absolute Gasteiger partial charge is 0.0713 e. The fraction of sp³-hybridized carbons (Fsp3) is 0.284. The van der Waals surface area contributed by atoms with Crippen LogP contribution in [0.25, 0.3) is 33.4 Å². The molecule has 2 heterocycles. The lowest BCUT2D eigenvalue weighted by atomic mass is 9.58. The molecule has 69 heavy (non-hydrogen) atoms.